The minimum absolute atomic E-state index is 0.135. The number of ether oxygens (including phenoxy) is 1. The molecule has 1 aliphatic heterocycles. The van der Waals surface area contributed by atoms with Gasteiger partial charge in [-0.2, -0.15) is 0 Å². The molecule has 1 aliphatic carbocycles. The van der Waals surface area contributed by atoms with Gasteiger partial charge >= 0.3 is 0 Å². The first-order valence-corrected chi connectivity index (χ1v) is 8.96. The van der Waals surface area contributed by atoms with Crippen LogP contribution in [0.3, 0.4) is 0 Å². The molecule has 2 N–H and O–H groups in total. The van der Waals surface area contributed by atoms with Crippen molar-refractivity contribution in [2.24, 2.45) is 0 Å². The van der Waals surface area contributed by atoms with E-state index >= 15 is 0 Å². The SMILES string of the molecule is CCOc1cc2c(cc1CN1CCCC(O)(CO)CC1)CCC2. The normalized spacial score (nSPS) is 25.2. The molecule has 1 aromatic rings. The molecule has 1 aromatic carbocycles. The predicted octanol–water partition coefficient (Wildman–Crippen LogP) is 2.28. The van der Waals surface area contributed by atoms with Crippen molar-refractivity contribution in [2.75, 3.05) is 26.3 Å². The molecule has 1 saturated heterocycles. The van der Waals surface area contributed by atoms with Crippen LogP contribution in [0.4, 0.5) is 0 Å². The fourth-order valence-electron chi connectivity index (χ4n) is 3.86. The maximum absolute atomic E-state index is 10.3. The molecule has 0 radical (unpaired) electrons. The zero-order valence-corrected chi connectivity index (χ0v) is 14.2. The number of fused-ring (bicyclic) bond motifs is 1. The second-order valence-electron chi connectivity index (χ2n) is 7.03. The number of benzene rings is 1. The summed E-state index contributed by atoms with van der Waals surface area (Å²) < 4.78 is 5.88. The van der Waals surface area contributed by atoms with E-state index in [0.29, 0.717) is 19.4 Å². The number of hydrogen-bond acceptors (Lipinski definition) is 4. The molecule has 0 amide bonds. The lowest BCUT2D eigenvalue weighted by atomic mass is 9.96. The lowest BCUT2D eigenvalue weighted by Gasteiger charge is -2.25. The van der Waals surface area contributed by atoms with E-state index in [4.69, 9.17) is 4.74 Å². The van der Waals surface area contributed by atoms with Crippen LogP contribution in [0.25, 0.3) is 0 Å². The van der Waals surface area contributed by atoms with Crippen LogP contribution in [-0.4, -0.2) is 47.0 Å². The molecule has 4 heteroatoms. The van der Waals surface area contributed by atoms with E-state index < -0.39 is 5.60 Å². The van der Waals surface area contributed by atoms with Crippen molar-refractivity contribution in [3.8, 4) is 5.75 Å². The Morgan fingerprint density at radius 1 is 1.13 bits per heavy atom. The number of nitrogens with zero attached hydrogens (tertiary/aromatic N) is 1. The highest BCUT2D eigenvalue weighted by molar-refractivity contribution is 5.44. The summed E-state index contributed by atoms with van der Waals surface area (Å²) in [6.07, 6.45) is 5.84. The maximum Gasteiger partial charge on any atom is 0.124 e. The standard InChI is InChI=1S/C19H29NO3/c1-2-23-18-12-16-6-3-5-15(16)11-17(18)13-20-9-4-7-19(22,14-21)8-10-20/h11-12,21-22H,2-10,13-14H2,1H3. The Bertz CT molecular complexity index is 546. The monoisotopic (exact) mass is 319 g/mol. The Morgan fingerprint density at radius 2 is 1.91 bits per heavy atom. The average molecular weight is 319 g/mol. The van der Waals surface area contributed by atoms with Crippen LogP contribution in [0, 0.1) is 0 Å². The molecule has 128 valence electrons. The topological polar surface area (TPSA) is 52.9 Å². The number of aliphatic hydroxyl groups is 2. The molecule has 1 fully saturated rings. The number of likely N-dealkylation sites (tertiary alicyclic amines) is 1. The van der Waals surface area contributed by atoms with Crippen molar-refractivity contribution in [2.45, 2.75) is 57.6 Å². The summed E-state index contributed by atoms with van der Waals surface area (Å²) in [4.78, 5) is 2.38. The van der Waals surface area contributed by atoms with Crippen LogP contribution in [0.5, 0.6) is 5.75 Å². The predicted molar refractivity (Wildman–Crippen MR) is 90.8 cm³/mol. The summed E-state index contributed by atoms with van der Waals surface area (Å²) in [6, 6.07) is 4.57. The highest BCUT2D eigenvalue weighted by Gasteiger charge is 2.29. The summed E-state index contributed by atoms with van der Waals surface area (Å²) >= 11 is 0. The van der Waals surface area contributed by atoms with Gasteiger partial charge < -0.3 is 14.9 Å². The van der Waals surface area contributed by atoms with Crippen LogP contribution in [0.15, 0.2) is 12.1 Å². The third kappa shape index (κ3) is 3.87. The second-order valence-corrected chi connectivity index (χ2v) is 7.03. The van der Waals surface area contributed by atoms with Crippen molar-refractivity contribution < 1.29 is 14.9 Å². The largest absolute Gasteiger partial charge is 0.494 e. The van der Waals surface area contributed by atoms with Gasteiger partial charge in [-0.05, 0) is 69.2 Å². The van der Waals surface area contributed by atoms with Gasteiger partial charge in [-0.25, -0.2) is 0 Å². The van der Waals surface area contributed by atoms with Gasteiger partial charge in [0, 0.05) is 18.7 Å². The van der Waals surface area contributed by atoms with Crippen LogP contribution >= 0.6 is 0 Å². The summed E-state index contributed by atoms with van der Waals surface area (Å²) in [6.45, 7) is 5.24. The maximum atomic E-state index is 10.3. The molecule has 2 aliphatic rings. The Kier molecular flexibility index (Phi) is 5.24. The van der Waals surface area contributed by atoms with Gasteiger partial charge in [-0.15, -0.1) is 0 Å². The van der Waals surface area contributed by atoms with E-state index in [2.05, 4.69) is 17.0 Å². The summed E-state index contributed by atoms with van der Waals surface area (Å²) in [5, 5.41) is 19.7. The van der Waals surface area contributed by atoms with E-state index in [1.807, 2.05) is 6.92 Å². The summed E-state index contributed by atoms with van der Waals surface area (Å²) in [7, 11) is 0. The second kappa shape index (κ2) is 7.20. The molecule has 3 rings (SSSR count). The Hall–Kier alpha value is -1.10. The fraction of sp³-hybridized carbons (Fsp3) is 0.684. The lowest BCUT2D eigenvalue weighted by molar-refractivity contribution is -0.0255. The zero-order valence-electron chi connectivity index (χ0n) is 14.2. The summed E-state index contributed by atoms with van der Waals surface area (Å²) in [5.41, 5.74) is 3.30. The van der Waals surface area contributed by atoms with Gasteiger partial charge in [0.25, 0.3) is 0 Å². The smallest absolute Gasteiger partial charge is 0.124 e. The van der Waals surface area contributed by atoms with Crippen molar-refractivity contribution in [3.05, 3.63) is 28.8 Å². The van der Waals surface area contributed by atoms with E-state index in [1.165, 1.54) is 36.0 Å². The van der Waals surface area contributed by atoms with Crippen molar-refractivity contribution >= 4 is 0 Å². The number of aryl methyl sites for hydroxylation is 2. The Morgan fingerprint density at radius 3 is 2.65 bits per heavy atom. The minimum atomic E-state index is -0.893. The molecular formula is C19H29NO3. The van der Waals surface area contributed by atoms with Crippen LogP contribution in [0.1, 0.15) is 49.3 Å². The van der Waals surface area contributed by atoms with Crippen molar-refractivity contribution in [1.29, 1.82) is 0 Å². The van der Waals surface area contributed by atoms with Gasteiger partial charge in [0.05, 0.1) is 18.8 Å². The average Bonchev–Trinajstić information content (AvgIpc) is 2.91. The Labute approximate surface area is 139 Å². The zero-order chi connectivity index (χ0) is 16.3. The molecule has 4 nitrogen and oxygen atoms in total. The highest BCUT2D eigenvalue weighted by atomic mass is 16.5. The molecule has 0 spiro atoms. The molecule has 1 atom stereocenters. The molecular weight excluding hydrogens is 290 g/mol. The van der Waals surface area contributed by atoms with Crippen LogP contribution in [-0.2, 0) is 19.4 Å². The van der Waals surface area contributed by atoms with Crippen LogP contribution < -0.4 is 4.74 Å². The number of aliphatic hydroxyl groups excluding tert-OH is 1. The molecule has 1 heterocycles. The van der Waals surface area contributed by atoms with Crippen molar-refractivity contribution in [3.63, 3.8) is 0 Å². The van der Waals surface area contributed by atoms with Gasteiger partial charge in [-0.3, -0.25) is 4.90 Å². The first-order valence-electron chi connectivity index (χ1n) is 8.96. The lowest BCUT2D eigenvalue weighted by Crippen LogP contribution is -2.34. The fourth-order valence-corrected chi connectivity index (χ4v) is 3.86. The van der Waals surface area contributed by atoms with Crippen molar-refractivity contribution in [1.82, 2.24) is 4.90 Å². The third-order valence-electron chi connectivity index (χ3n) is 5.27. The van der Waals surface area contributed by atoms with Gasteiger partial charge in [-0.1, -0.05) is 6.07 Å². The minimum Gasteiger partial charge on any atom is -0.494 e. The molecule has 23 heavy (non-hydrogen) atoms. The number of hydrogen-bond donors (Lipinski definition) is 2. The van der Waals surface area contributed by atoms with E-state index in [-0.39, 0.29) is 6.61 Å². The molecule has 0 bridgehead atoms. The molecule has 1 unspecified atom stereocenters. The van der Waals surface area contributed by atoms with E-state index in [0.717, 1.165) is 31.8 Å². The van der Waals surface area contributed by atoms with E-state index in [9.17, 15) is 10.2 Å². The highest BCUT2D eigenvalue weighted by Crippen LogP contribution is 2.32. The van der Waals surface area contributed by atoms with E-state index in [1.54, 1.807) is 0 Å². The molecule has 0 saturated carbocycles. The third-order valence-corrected chi connectivity index (χ3v) is 5.27. The first kappa shape index (κ1) is 16.7. The summed E-state index contributed by atoms with van der Waals surface area (Å²) in [5.74, 6) is 1.02. The van der Waals surface area contributed by atoms with Gasteiger partial charge in [0.2, 0.25) is 0 Å². The Balaban J connectivity index is 1.74. The van der Waals surface area contributed by atoms with Crippen LogP contribution in [0.2, 0.25) is 0 Å². The number of rotatable bonds is 5. The van der Waals surface area contributed by atoms with Gasteiger partial charge in [0.1, 0.15) is 5.75 Å². The quantitative estimate of drug-likeness (QED) is 0.874. The van der Waals surface area contributed by atoms with Gasteiger partial charge in [0.15, 0.2) is 0 Å². The first-order chi connectivity index (χ1) is 11.1. The molecule has 0 aromatic heterocycles.